The molecule has 3 aliphatic rings. The molecule has 0 radical (unpaired) electrons. The maximum Gasteiger partial charge on any atom is 0.159 e. The first kappa shape index (κ1) is 68.1. The van der Waals surface area contributed by atoms with Crippen molar-refractivity contribution < 1.29 is 39.5 Å². The molecule has 3 fully saturated rings. The van der Waals surface area contributed by atoms with Gasteiger partial charge in [-0.1, -0.05) is 97.1 Å². The van der Waals surface area contributed by atoms with Crippen molar-refractivity contribution in [3.8, 4) is 17.2 Å². The number of sulfone groups is 3. The third-order valence-electron chi connectivity index (χ3n) is 17.3. The first-order valence-electron chi connectivity index (χ1n) is 31.5. The smallest absolute Gasteiger partial charge is 0.159 e. The molecule has 468 valence electrons. The molecule has 3 aliphatic carbocycles. The van der Waals surface area contributed by atoms with E-state index in [1.54, 1.807) is 62.3 Å². The Morgan fingerprint density at radius 3 is 1.08 bits per heavy atom. The van der Waals surface area contributed by atoms with Gasteiger partial charge in [0.15, 0.2) is 29.5 Å². The van der Waals surface area contributed by atoms with Crippen LogP contribution < -0.4 is 14.2 Å². The van der Waals surface area contributed by atoms with Crippen molar-refractivity contribution in [3.05, 3.63) is 194 Å². The van der Waals surface area contributed by atoms with Gasteiger partial charge in [-0.15, -0.1) is 0 Å². The minimum absolute atomic E-state index is 0.0928. The molecule has 9 nitrogen and oxygen atoms in total. The number of hydrogen-bond acceptors (Lipinski definition) is 9. The first-order valence-corrected chi connectivity index (χ1v) is 36.4. The van der Waals surface area contributed by atoms with Gasteiger partial charge >= 0.3 is 0 Å². The lowest BCUT2D eigenvalue weighted by atomic mass is 9.97. The van der Waals surface area contributed by atoms with Crippen LogP contribution in [0.4, 0.5) is 0 Å². The molecule has 0 aliphatic heterocycles. The largest absolute Gasteiger partial charge is 0.493 e. The summed E-state index contributed by atoms with van der Waals surface area (Å²) in [5.74, 6) is 4.81. The second-order valence-electron chi connectivity index (χ2n) is 27.8. The van der Waals surface area contributed by atoms with Gasteiger partial charge in [-0.05, 0) is 288 Å². The zero-order valence-electron chi connectivity index (χ0n) is 54.1. The van der Waals surface area contributed by atoms with Gasteiger partial charge in [-0.2, -0.15) is 0 Å². The third-order valence-corrected chi connectivity index (χ3v) is 25.0. The van der Waals surface area contributed by atoms with E-state index in [1.807, 2.05) is 36.4 Å². The Labute approximate surface area is 519 Å². The van der Waals surface area contributed by atoms with Crippen molar-refractivity contribution in [1.82, 2.24) is 0 Å². The maximum atomic E-state index is 12.4. The van der Waals surface area contributed by atoms with Crippen LogP contribution in [-0.2, 0) is 85.3 Å². The summed E-state index contributed by atoms with van der Waals surface area (Å²) >= 11 is 0. The van der Waals surface area contributed by atoms with E-state index in [0.717, 1.165) is 97.5 Å². The van der Waals surface area contributed by atoms with Crippen molar-refractivity contribution >= 4 is 29.5 Å². The number of rotatable bonds is 23. The molecule has 6 aromatic carbocycles. The molecule has 6 aromatic rings. The lowest BCUT2D eigenvalue weighted by Crippen LogP contribution is -2.29. The van der Waals surface area contributed by atoms with Crippen LogP contribution in [0.5, 0.6) is 17.2 Å². The van der Waals surface area contributed by atoms with Gasteiger partial charge in [0.25, 0.3) is 0 Å². The molecule has 0 spiro atoms. The highest BCUT2D eigenvalue weighted by Gasteiger charge is 2.31. The zero-order chi connectivity index (χ0) is 62.7. The maximum absolute atomic E-state index is 12.4. The molecule has 0 N–H and O–H groups in total. The second-order valence-corrected chi connectivity index (χ2v) is 36.0. The lowest BCUT2D eigenvalue weighted by molar-refractivity contribution is 0.210. The number of hydrogen-bond donors (Lipinski definition) is 0. The van der Waals surface area contributed by atoms with E-state index < -0.39 is 43.8 Å². The highest BCUT2D eigenvalue weighted by Crippen LogP contribution is 2.34. The Morgan fingerprint density at radius 1 is 0.372 bits per heavy atom. The number of aryl methyl sites for hydroxylation is 9. The van der Waals surface area contributed by atoms with Crippen molar-refractivity contribution in [2.45, 2.75) is 218 Å². The molecular weight excluding hydrogens is 1130 g/mol. The predicted molar refractivity (Wildman–Crippen MR) is 356 cm³/mol. The summed E-state index contributed by atoms with van der Waals surface area (Å²) in [7, 11) is -9.45. The minimum Gasteiger partial charge on any atom is -0.493 e. The van der Waals surface area contributed by atoms with Crippen LogP contribution in [0, 0.1) is 39.5 Å². The van der Waals surface area contributed by atoms with Crippen LogP contribution in [0.2, 0.25) is 0 Å². The molecule has 0 unspecified atom stereocenters. The van der Waals surface area contributed by atoms with Gasteiger partial charge in [-0.3, -0.25) is 0 Å². The fourth-order valence-electron chi connectivity index (χ4n) is 10.2. The van der Waals surface area contributed by atoms with E-state index in [0.29, 0.717) is 6.10 Å². The van der Waals surface area contributed by atoms with E-state index in [2.05, 4.69) is 113 Å². The van der Waals surface area contributed by atoms with E-state index in [9.17, 15) is 25.3 Å². The van der Waals surface area contributed by atoms with Crippen LogP contribution in [-0.4, -0.2) is 58.8 Å². The molecule has 12 heteroatoms. The van der Waals surface area contributed by atoms with Crippen molar-refractivity contribution in [2.24, 2.45) is 11.8 Å². The van der Waals surface area contributed by atoms with Gasteiger partial charge in [-0.25, -0.2) is 25.3 Å². The fourth-order valence-corrected chi connectivity index (χ4v) is 13.3. The lowest BCUT2D eigenvalue weighted by Gasteiger charge is -2.19. The molecule has 0 aromatic heterocycles. The average molecular weight is 1230 g/mol. The fraction of sp³-hybridized carbons (Fsp3) is 0.514. The molecule has 9 rings (SSSR count). The van der Waals surface area contributed by atoms with Crippen LogP contribution in [0.15, 0.2) is 121 Å². The van der Waals surface area contributed by atoms with Crippen LogP contribution in [0.3, 0.4) is 0 Å². The minimum atomic E-state index is -3.15. The summed E-state index contributed by atoms with van der Waals surface area (Å²) < 4.78 is 90.2. The zero-order valence-corrected chi connectivity index (χ0v) is 56.6. The summed E-state index contributed by atoms with van der Waals surface area (Å²) in [6.07, 6.45) is 16.2. The van der Waals surface area contributed by atoms with Gasteiger partial charge in [0.2, 0.25) is 0 Å². The molecular formula is C74H100O9S3. The molecule has 0 amide bonds. The summed E-state index contributed by atoms with van der Waals surface area (Å²) in [6, 6.07) is 41.2. The Hall–Kier alpha value is -5.43. The van der Waals surface area contributed by atoms with Gasteiger partial charge in [0, 0.05) is 0 Å². The Balaban J connectivity index is 0.000000185. The summed E-state index contributed by atoms with van der Waals surface area (Å²) in [5.41, 5.74) is 15.2. The first-order chi connectivity index (χ1) is 40.3. The summed E-state index contributed by atoms with van der Waals surface area (Å²) in [6.45, 7) is 26.0. The Morgan fingerprint density at radius 2 is 0.709 bits per heavy atom. The monoisotopic (exact) mass is 1230 g/mol. The molecule has 0 bridgehead atoms. The molecule has 86 heavy (non-hydrogen) atoms. The van der Waals surface area contributed by atoms with Gasteiger partial charge < -0.3 is 14.2 Å². The van der Waals surface area contributed by atoms with Crippen LogP contribution in [0.1, 0.15) is 186 Å². The van der Waals surface area contributed by atoms with Crippen molar-refractivity contribution in [1.29, 1.82) is 0 Å². The number of ether oxygens (including phenoxy) is 3. The van der Waals surface area contributed by atoms with Gasteiger partial charge in [0.05, 0.1) is 50.8 Å². The predicted octanol–water partition coefficient (Wildman–Crippen LogP) is 16.7. The Bertz CT molecular complexity index is 3510. The van der Waals surface area contributed by atoms with Gasteiger partial charge in [0.1, 0.15) is 17.2 Å². The number of benzene rings is 6. The van der Waals surface area contributed by atoms with Crippen molar-refractivity contribution in [2.75, 3.05) is 13.2 Å². The molecule has 0 saturated heterocycles. The van der Waals surface area contributed by atoms with E-state index in [1.165, 1.54) is 107 Å². The topological polar surface area (TPSA) is 130 Å². The van der Waals surface area contributed by atoms with Crippen molar-refractivity contribution in [3.63, 3.8) is 0 Å². The van der Waals surface area contributed by atoms with E-state index in [4.69, 9.17) is 14.2 Å². The molecule has 0 heterocycles. The molecule has 0 atom stereocenters. The summed E-state index contributed by atoms with van der Waals surface area (Å²) in [5, 5.41) is 0. The average Bonchev–Trinajstić information content (AvgIpc) is 4.51. The highest BCUT2D eigenvalue weighted by molar-refractivity contribution is 7.92. The quantitative estimate of drug-likeness (QED) is 0.0615. The van der Waals surface area contributed by atoms with Crippen LogP contribution >= 0.6 is 0 Å². The third kappa shape index (κ3) is 20.6. The SMILES string of the molecule is Cc1cc(OC2CCCC2)ccc1CCc1ccc(CS(=O)(=O)C(C)(C)C)cc1.Cc1cc(OCC2CC2)ccc1CCc1ccc(CS(=O)(=O)C(C)(C)C)cc1.Cc1ccc(CCc2ccc(CS(=O)(=O)C(C)(C)C)cc2)c(C)c1OCC1CC1. The summed E-state index contributed by atoms with van der Waals surface area (Å²) in [4.78, 5) is 0. The highest BCUT2D eigenvalue weighted by atomic mass is 32.2. The normalized spacial score (nSPS) is 15.1. The second kappa shape index (κ2) is 29.3. The molecule has 3 saturated carbocycles. The van der Waals surface area contributed by atoms with E-state index >= 15 is 0 Å². The van der Waals surface area contributed by atoms with Crippen LogP contribution in [0.25, 0.3) is 0 Å². The standard InChI is InChI=1S/2C25H34O3S.C24H32O3S/c1-18-6-14-23(19(2)24(18)28-16-21-9-10-21)15-13-20-7-11-22(12-8-20)17-29(26,27)25(3,4)5;1-19-17-24(28-23-7-5-6-8-23)16-15-22(19)14-13-20-9-11-21(12-10-20)18-29(26,27)25(2,3)4;1-18-15-23(27-16-20-7-8-20)14-13-22(18)12-11-19-5-9-21(10-6-19)17-28(25,26)24(2,3)4/h6-8,11-12,14,21H,9-10,13,15-17H2,1-5H3;9-12,15-17,23H,5-8,13-14,18H2,1-4H3;5-6,9-10,13-15,20H,7-8,11-12,16-17H2,1-4H3. The van der Waals surface area contributed by atoms with E-state index in [-0.39, 0.29) is 17.3 Å². The Kier molecular flexibility index (Phi) is 23.2.